The van der Waals surface area contributed by atoms with Crippen LogP contribution in [0.15, 0.2) is 97.2 Å². The number of esters is 3. The maximum Gasteiger partial charge on any atom is 0.335 e. The highest BCUT2D eigenvalue weighted by Gasteiger charge is 2.50. The Bertz CT molecular complexity index is 1640. The Hall–Kier alpha value is -4.36. The van der Waals surface area contributed by atoms with E-state index in [0.29, 0.717) is 19.3 Å². The van der Waals surface area contributed by atoms with E-state index in [1.807, 2.05) is 12.2 Å². The molecule has 1 saturated heterocycles. The summed E-state index contributed by atoms with van der Waals surface area (Å²) >= 11 is 0. The Morgan fingerprint density at radius 2 is 0.904 bits per heavy atom. The molecule has 12 heteroatoms. The predicted octanol–water partition coefficient (Wildman–Crippen LogP) is 14.1. The fraction of sp³-hybridized carbons (Fsp3) is 0.672. The van der Waals surface area contributed by atoms with Gasteiger partial charge in [0.05, 0.1) is 13.0 Å². The van der Waals surface area contributed by atoms with Crippen LogP contribution >= 0.6 is 0 Å². The molecule has 0 bridgehead atoms. The van der Waals surface area contributed by atoms with Crippen LogP contribution in [0.4, 0.5) is 0 Å². The molecule has 0 aliphatic carbocycles. The van der Waals surface area contributed by atoms with Crippen LogP contribution in [-0.4, -0.2) is 89.2 Å². The predicted molar refractivity (Wildman–Crippen MR) is 294 cm³/mol. The number of carboxylic acids is 1. The van der Waals surface area contributed by atoms with E-state index in [9.17, 15) is 34.5 Å². The van der Waals surface area contributed by atoms with Gasteiger partial charge in [-0.1, -0.05) is 214 Å². The molecule has 1 aliphatic rings. The van der Waals surface area contributed by atoms with Gasteiger partial charge in [0.25, 0.3) is 0 Å². The second kappa shape index (κ2) is 48.6. The number of ether oxygens (including phenoxy) is 5. The van der Waals surface area contributed by atoms with E-state index < -0.39 is 67.3 Å². The third kappa shape index (κ3) is 38.8. The molecule has 0 saturated carbocycles. The maximum absolute atomic E-state index is 13.1. The Labute approximate surface area is 441 Å². The number of hydrogen-bond donors (Lipinski definition) is 3. The zero-order valence-electron chi connectivity index (χ0n) is 45.3. The molecule has 1 fully saturated rings. The van der Waals surface area contributed by atoms with Crippen molar-refractivity contribution in [2.24, 2.45) is 0 Å². The quantitative estimate of drug-likeness (QED) is 0.0228. The summed E-state index contributed by atoms with van der Waals surface area (Å²) in [6, 6.07) is 0. The fourth-order valence-electron chi connectivity index (χ4n) is 7.93. The van der Waals surface area contributed by atoms with E-state index in [1.54, 1.807) is 12.2 Å². The monoisotopic (exact) mass is 1020 g/mol. The standard InChI is InChI=1S/C61H98O12/c1-4-7-10-13-16-19-22-25-27-30-32-35-38-41-44-47-53(62)69-50-52(71-54(63)48-45-42-39-36-33-29-24-21-18-15-12-9-6-3)51-70-61-59(57(66)56(65)58(73-61)60(67)68)72-55(64)49-46-43-40-37-34-31-28-26-23-20-17-14-11-8-5-2/h7-8,10-11,16-17,19-20,25-28,34,37,43,46,52,56-59,61,65-66H,4-6,9,12-15,18,21-24,29-33,35-36,38-42,44-45,47-51H2,1-3H3,(H,67,68)/b10-7-,11-8-,19-16-,20-17-,27-25-,28-26-,37-34-,46-43-. The lowest BCUT2D eigenvalue weighted by atomic mass is 9.98. The van der Waals surface area contributed by atoms with Crippen molar-refractivity contribution in [3.05, 3.63) is 97.2 Å². The van der Waals surface area contributed by atoms with Crippen LogP contribution in [0.1, 0.15) is 213 Å². The lowest BCUT2D eigenvalue weighted by Crippen LogP contribution is -2.61. The van der Waals surface area contributed by atoms with Crippen molar-refractivity contribution >= 4 is 23.9 Å². The van der Waals surface area contributed by atoms with Crippen molar-refractivity contribution in [2.45, 2.75) is 250 Å². The summed E-state index contributed by atoms with van der Waals surface area (Å²) in [4.78, 5) is 51.0. The minimum atomic E-state index is -1.94. The van der Waals surface area contributed by atoms with Crippen molar-refractivity contribution in [3.63, 3.8) is 0 Å². The number of allylic oxidation sites excluding steroid dienone is 15. The van der Waals surface area contributed by atoms with Gasteiger partial charge in [0.2, 0.25) is 0 Å². The molecule has 1 heterocycles. The molecule has 0 radical (unpaired) electrons. The number of carbonyl (C=O) groups excluding carboxylic acids is 3. The van der Waals surface area contributed by atoms with Crippen molar-refractivity contribution in [2.75, 3.05) is 13.2 Å². The zero-order chi connectivity index (χ0) is 53.3. The summed E-state index contributed by atoms with van der Waals surface area (Å²) in [5, 5.41) is 31.4. The number of rotatable bonds is 46. The molecule has 414 valence electrons. The molecule has 1 rings (SSSR count). The van der Waals surface area contributed by atoms with Crippen LogP contribution in [0.3, 0.4) is 0 Å². The summed E-state index contributed by atoms with van der Waals surface area (Å²) < 4.78 is 28.2. The molecule has 6 unspecified atom stereocenters. The highest BCUT2D eigenvalue weighted by Crippen LogP contribution is 2.26. The average Bonchev–Trinajstić information content (AvgIpc) is 3.37. The smallest absolute Gasteiger partial charge is 0.335 e. The first kappa shape index (κ1) is 66.7. The SMILES string of the molecule is CC/C=C\C/C=C\C/C=C\C/C=C\C/C=C\CC(=O)OC1C(OCC(COC(=O)CCCCCCC/C=C\C/C=C\C/C=C\CC)OC(=O)CCCCCCCCCCCCCCC)OC(C(=O)O)C(O)C1O. The highest BCUT2D eigenvalue weighted by atomic mass is 16.7. The van der Waals surface area contributed by atoms with Gasteiger partial charge in [-0.05, 0) is 77.0 Å². The van der Waals surface area contributed by atoms with Crippen LogP contribution < -0.4 is 0 Å². The molecule has 6 atom stereocenters. The molecule has 1 aliphatic heterocycles. The minimum Gasteiger partial charge on any atom is -0.479 e. The third-order valence-electron chi connectivity index (χ3n) is 12.2. The van der Waals surface area contributed by atoms with Crippen LogP contribution in [0, 0.1) is 0 Å². The van der Waals surface area contributed by atoms with Gasteiger partial charge in [0.15, 0.2) is 24.6 Å². The average molecular weight is 1020 g/mol. The first-order chi connectivity index (χ1) is 35.6. The van der Waals surface area contributed by atoms with Gasteiger partial charge in [-0.2, -0.15) is 0 Å². The summed E-state index contributed by atoms with van der Waals surface area (Å²) in [5.41, 5.74) is 0. The Balaban J connectivity index is 2.77. The van der Waals surface area contributed by atoms with Crippen molar-refractivity contribution < 1.29 is 58.2 Å². The Kier molecular flexibility index (Phi) is 44.4. The normalized spacial score (nSPS) is 19.1. The Morgan fingerprint density at radius 3 is 1.38 bits per heavy atom. The second-order valence-corrected chi connectivity index (χ2v) is 18.8. The molecule has 73 heavy (non-hydrogen) atoms. The van der Waals surface area contributed by atoms with Crippen molar-refractivity contribution in [3.8, 4) is 0 Å². The second-order valence-electron chi connectivity index (χ2n) is 18.8. The third-order valence-corrected chi connectivity index (χ3v) is 12.2. The fourth-order valence-corrected chi connectivity index (χ4v) is 7.93. The van der Waals surface area contributed by atoms with Crippen molar-refractivity contribution in [1.29, 1.82) is 0 Å². The summed E-state index contributed by atoms with van der Waals surface area (Å²) in [6.45, 7) is 5.69. The van der Waals surface area contributed by atoms with E-state index in [2.05, 4.69) is 93.7 Å². The molecule has 12 nitrogen and oxygen atoms in total. The lowest BCUT2D eigenvalue weighted by molar-refractivity contribution is -0.301. The van der Waals surface area contributed by atoms with Gasteiger partial charge < -0.3 is 39.0 Å². The van der Waals surface area contributed by atoms with Gasteiger partial charge in [-0.25, -0.2) is 4.79 Å². The number of carboxylic acid groups (broad SMARTS) is 1. The number of carbonyl (C=O) groups is 4. The van der Waals surface area contributed by atoms with E-state index in [4.69, 9.17) is 23.7 Å². The van der Waals surface area contributed by atoms with Gasteiger partial charge in [0, 0.05) is 12.8 Å². The molecule has 0 spiro atoms. The maximum atomic E-state index is 13.1. The first-order valence-electron chi connectivity index (χ1n) is 28.2. The summed E-state index contributed by atoms with van der Waals surface area (Å²) in [7, 11) is 0. The van der Waals surface area contributed by atoms with Gasteiger partial charge >= 0.3 is 23.9 Å². The number of hydrogen-bond acceptors (Lipinski definition) is 11. The Morgan fingerprint density at radius 1 is 0.479 bits per heavy atom. The van der Waals surface area contributed by atoms with Crippen molar-refractivity contribution in [1.82, 2.24) is 0 Å². The van der Waals surface area contributed by atoms with E-state index >= 15 is 0 Å². The number of aliphatic hydroxyl groups excluding tert-OH is 2. The van der Waals surface area contributed by atoms with Gasteiger partial charge in [-0.15, -0.1) is 0 Å². The number of unbranched alkanes of at least 4 members (excludes halogenated alkanes) is 17. The minimum absolute atomic E-state index is 0.147. The topological polar surface area (TPSA) is 175 Å². The largest absolute Gasteiger partial charge is 0.479 e. The van der Waals surface area contributed by atoms with Crippen LogP contribution in [0.2, 0.25) is 0 Å². The lowest BCUT2D eigenvalue weighted by Gasteiger charge is -2.40. The molecule has 0 aromatic rings. The molecular formula is C61H98O12. The molecule has 0 amide bonds. The molecule has 0 aromatic carbocycles. The van der Waals surface area contributed by atoms with Crippen LogP contribution in [0.5, 0.6) is 0 Å². The summed E-state index contributed by atoms with van der Waals surface area (Å²) in [5.74, 6) is -3.31. The van der Waals surface area contributed by atoms with Gasteiger partial charge in [0.1, 0.15) is 18.8 Å². The molecule has 3 N–H and O–H groups in total. The van der Waals surface area contributed by atoms with E-state index in [1.165, 1.54) is 57.8 Å². The van der Waals surface area contributed by atoms with Gasteiger partial charge in [-0.3, -0.25) is 14.4 Å². The van der Waals surface area contributed by atoms with Crippen LogP contribution in [0.25, 0.3) is 0 Å². The highest BCUT2D eigenvalue weighted by molar-refractivity contribution is 5.74. The number of aliphatic hydroxyl groups is 2. The zero-order valence-corrected chi connectivity index (χ0v) is 45.3. The van der Waals surface area contributed by atoms with E-state index in [-0.39, 0.29) is 25.9 Å². The van der Waals surface area contributed by atoms with E-state index in [0.717, 1.165) is 96.3 Å². The number of aliphatic carboxylic acids is 1. The first-order valence-corrected chi connectivity index (χ1v) is 28.2. The summed E-state index contributed by atoms with van der Waals surface area (Å²) in [6.07, 6.45) is 51.2. The molecule has 0 aromatic heterocycles. The molecular weight excluding hydrogens is 925 g/mol. The van der Waals surface area contributed by atoms with Crippen LogP contribution in [-0.2, 0) is 42.9 Å².